The fourth-order valence-corrected chi connectivity index (χ4v) is 3.82. The highest BCUT2D eigenvalue weighted by molar-refractivity contribution is 6.02. The van der Waals surface area contributed by atoms with Crippen molar-refractivity contribution in [3.05, 3.63) is 53.2 Å². The maximum Gasteiger partial charge on any atom is 0.259 e. The normalized spacial score (nSPS) is 17.0. The van der Waals surface area contributed by atoms with Gasteiger partial charge in [-0.05, 0) is 51.0 Å². The fourth-order valence-electron chi connectivity index (χ4n) is 3.82. The molecule has 1 aliphatic heterocycles. The summed E-state index contributed by atoms with van der Waals surface area (Å²) in [6.07, 6.45) is 5.23. The number of allylic oxidation sites excluding steroid dienone is 2. The van der Waals surface area contributed by atoms with Gasteiger partial charge in [0.1, 0.15) is 0 Å². The van der Waals surface area contributed by atoms with Gasteiger partial charge in [-0.15, -0.1) is 10.2 Å². The summed E-state index contributed by atoms with van der Waals surface area (Å²) < 4.78 is 0. The molecule has 154 valence electrons. The smallest absolute Gasteiger partial charge is 0.259 e. The third-order valence-corrected chi connectivity index (χ3v) is 5.86. The van der Waals surface area contributed by atoms with Gasteiger partial charge in [0.15, 0.2) is 5.82 Å². The van der Waals surface area contributed by atoms with Gasteiger partial charge in [-0.25, -0.2) is 0 Å². The van der Waals surface area contributed by atoms with Crippen LogP contribution >= 0.6 is 0 Å². The van der Waals surface area contributed by atoms with E-state index in [2.05, 4.69) is 34.3 Å². The van der Waals surface area contributed by atoms with E-state index in [4.69, 9.17) is 0 Å². The molecule has 1 saturated heterocycles. The lowest BCUT2D eigenvalue weighted by Gasteiger charge is -2.26. The van der Waals surface area contributed by atoms with Crippen molar-refractivity contribution in [3.8, 4) is 11.3 Å². The minimum absolute atomic E-state index is 0.122. The van der Waals surface area contributed by atoms with Crippen LogP contribution in [-0.2, 0) is 0 Å². The second-order valence-electron chi connectivity index (χ2n) is 8.67. The average Bonchev–Trinajstić information content (AvgIpc) is 2.88. The van der Waals surface area contributed by atoms with Crippen LogP contribution in [-0.4, -0.2) is 29.2 Å². The molecule has 1 amide bonds. The molecule has 1 aliphatic rings. The number of carbonyl (C=O) groups is 1. The van der Waals surface area contributed by atoms with E-state index in [9.17, 15) is 4.79 Å². The second-order valence-corrected chi connectivity index (χ2v) is 8.67. The molecule has 0 radical (unpaired) electrons. The molecule has 0 atom stereocenters. The first-order chi connectivity index (χ1) is 13.8. The lowest BCUT2D eigenvalue weighted by Crippen LogP contribution is -2.32. The van der Waals surface area contributed by atoms with Gasteiger partial charge < -0.3 is 10.2 Å². The molecule has 2 aromatic rings. The topological polar surface area (TPSA) is 58.1 Å². The maximum absolute atomic E-state index is 13.2. The van der Waals surface area contributed by atoms with E-state index < -0.39 is 0 Å². The summed E-state index contributed by atoms with van der Waals surface area (Å²) in [5.41, 5.74) is 4.36. The van der Waals surface area contributed by atoms with Crippen molar-refractivity contribution in [2.75, 3.05) is 18.0 Å². The monoisotopic (exact) mass is 392 g/mol. The number of benzene rings is 1. The molecule has 1 aromatic heterocycles. The summed E-state index contributed by atoms with van der Waals surface area (Å²) >= 11 is 0. The van der Waals surface area contributed by atoms with Gasteiger partial charge in [-0.1, -0.05) is 50.3 Å². The van der Waals surface area contributed by atoms with E-state index in [0.29, 0.717) is 16.8 Å². The van der Waals surface area contributed by atoms with Crippen LogP contribution in [0.3, 0.4) is 0 Å². The van der Waals surface area contributed by atoms with Gasteiger partial charge in [0.05, 0.1) is 11.3 Å². The van der Waals surface area contributed by atoms with Crippen molar-refractivity contribution in [1.29, 1.82) is 0 Å². The molecule has 1 aromatic carbocycles. The van der Waals surface area contributed by atoms with Crippen LogP contribution in [0.1, 0.15) is 62.9 Å². The van der Waals surface area contributed by atoms with Crippen LogP contribution in [0.2, 0.25) is 0 Å². The summed E-state index contributed by atoms with van der Waals surface area (Å²) in [6, 6.07) is 9.94. The number of nitrogens with one attached hydrogen (secondary N) is 1. The minimum atomic E-state index is -0.122. The quantitative estimate of drug-likeness (QED) is 0.784. The van der Waals surface area contributed by atoms with Gasteiger partial charge in [0.2, 0.25) is 0 Å². The van der Waals surface area contributed by atoms with Crippen LogP contribution in [0.5, 0.6) is 0 Å². The number of amides is 1. The van der Waals surface area contributed by atoms with Gasteiger partial charge in [-0.2, -0.15) is 0 Å². The molecule has 2 heterocycles. The minimum Gasteiger partial charge on any atom is -0.354 e. The van der Waals surface area contributed by atoms with Gasteiger partial charge in [-0.3, -0.25) is 4.79 Å². The Bertz CT molecular complexity index is 903. The fraction of sp³-hybridized carbons (Fsp3) is 0.458. The van der Waals surface area contributed by atoms with E-state index in [-0.39, 0.29) is 5.91 Å². The molecule has 0 spiro atoms. The number of hydrogen-bond donors (Lipinski definition) is 1. The number of rotatable bonds is 4. The van der Waals surface area contributed by atoms with Crippen molar-refractivity contribution in [1.82, 2.24) is 15.5 Å². The van der Waals surface area contributed by atoms with Crippen molar-refractivity contribution in [2.24, 2.45) is 5.41 Å². The van der Waals surface area contributed by atoms with Gasteiger partial charge in [0.25, 0.3) is 5.91 Å². The Kier molecular flexibility index (Phi) is 6.36. The summed E-state index contributed by atoms with van der Waals surface area (Å²) in [5.74, 6) is 0.574. The van der Waals surface area contributed by atoms with Gasteiger partial charge >= 0.3 is 0 Å². The Hall–Kier alpha value is -2.69. The Morgan fingerprint density at radius 1 is 1.14 bits per heavy atom. The number of nitrogens with zero attached hydrogens (tertiary/aromatic N) is 3. The highest BCUT2D eigenvalue weighted by atomic mass is 16.1. The first-order valence-corrected chi connectivity index (χ1v) is 10.4. The SMILES string of the molecule is C/C=C(\C)NC(=O)c1c(N2CCCC(C)(C)CC2)nnc(-c2ccccc2)c1C. The van der Waals surface area contributed by atoms with Crippen LogP contribution in [0.25, 0.3) is 11.3 Å². The third-order valence-electron chi connectivity index (χ3n) is 5.86. The summed E-state index contributed by atoms with van der Waals surface area (Å²) in [7, 11) is 0. The first kappa shape index (κ1) is 21.0. The average molecular weight is 393 g/mol. The third kappa shape index (κ3) is 4.84. The lowest BCUT2D eigenvalue weighted by molar-refractivity contribution is 0.0965. The molecule has 0 aliphatic carbocycles. The van der Waals surface area contributed by atoms with Crippen molar-refractivity contribution in [3.63, 3.8) is 0 Å². The van der Waals surface area contributed by atoms with Crippen LogP contribution in [0.15, 0.2) is 42.1 Å². The van der Waals surface area contributed by atoms with E-state index >= 15 is 0 Å². The zero-order valence-corrected chi connectivity index (χ0v) is 18.2. The summed E-state index contributed by atoms with van der Waals surface area (Å²) in [4.78, 5) is 15.5. The Morgan fingerprint density at radius 2 is 1.86 bits per heavy atom. The molecule has 5 nitrogen and oxygen atoms in total. The van der Waals surface area contributed by atoms with E-state index in [1.165, 1.54) is 6.42 Å². The molecule has 0 saturated carbocycles. The molecular weight excluding hydrogens is 360 g/mol. The largest absolute Gasteiger partial charge is 0.354 e. The van der Waals surface area contributed by atoms with Crippen LogP contribution < -0.4 is 10.2 Å². The predicted octanol–water partition coefficient (Wildman–Crippen LogP) is 5.12. The first-order valence-electron chi connectivity index (χ1n) is 10.4. The van der Waals surface area contributed by atoms with Crippen molar-refractivity contribution in [2.45, 2.75) is 53.9 Å². The number of carbonyl (C=O) groups excluding carboxylic acids is 1. The number of hydrogen-bond acceptors (Lipinski definition) is 4. The Balaban J connectivity index is 2.08. The molecule has 3 rings (SSSR count). The highest BCUT2D eigenvalue weighted by Gasteiger charge is 2.28. The van der Waals surface area contributed by atoms with Crippen molar-refractivity contribution < 1.29 is 4.79 Å². The molecule has 0 bridgehead atoms. The molecule has 5 heteroatoms. The van der Waals surface area contributed by atoms with Crippen molar-refractivity contribution >= 4 is 11.7 Å². The lowest BCUT2D eigenvalue weighted by atomic mass is 9.85. The van der Waals surface area contributed by atoms with E-state index in [1.54, 1.807) is 0 Å². The molecule has 0 unspecified atom stereocenters. The zero-order valence-electron chi connectivity index (χ0n) is 18.2. The zero-order chi connectivity index (χ0) is 21.0. The molecule has 1 fully saturated rings. The molecule has 29 heavy (non-hydrogen) atoms. The number of aromatic nitrogens is 2. The maximum atomic E-state index is 13.2. The Labute approximate surface area is 174 Å². The van der Waals surface area contributed by atoms with E-state index in [0.717, 1.165) is 48.4 Å². The standard InChI is InChI=1S/C24H32N4O/c1-6-17(2)25-23(29)20-18(3)21(19-11-8-7-9-12-19)26-27-22(20)28-15-10-13-24(4,5)14-16-28/h6-9,11-12H,10,13-16H2,1-5H3,(H,25,29)/b17-6+. The van der Waals surface area contributed by atoms with Crippen LogP contribution in [0.4, 0.5) is 5.82 Å². The number of anilines is 1. The summed E-state index contributed by atoms with van der Waals surface area (Å²) in [5, 5.41) is 12.1. The van der Waals surface area contributed by atoms with E-state index in [1.807, 2.05) is 57.2 Å². The Morgan fingerprint density at radius 3 is 2.55 bits per heavy atom. The highest BCUT2D eigenvalue weighted by Crippen LogP contribution is 2.34. The van der Waals surface area contributed by atoms with Gasteiger partial charge in [0, 0.05) is 24.4 Å². The summed E-state index contributed by atoms with van der Waals surface area (Å²) in [6.45, 7) is 12.2. The van der Waals surface area contributed by atoms with Crippen LogP contribution in [0, 0.1) is 12.3 Å². The predicted molar refractivity (Wildman–Crippen MR) is 119 cm³/mol. The second kappa shape index (κ2) is 8.76. The molecule has 1 N–H and O–H groups in total. The molecular formula is C24H32N4O.